The zero-order valence-corrected chi connectivity index (χ0v) is 11.4. The number of nitrogens with zero attached hydrogens (tertiary/aromatic N) is 4. The van der Waals surface area contributed by atoms with Crippen LogP contribution in [-0.4, -0.2) is 20.4 Å². The fraction of sp³-hybridized carbons (Fsp3) is 0.545. The second-order valence-corrected chi connectivity index (χ2v) is 5.73. The van der Waals surface area contributed by atoms with Crippen LogP contribution in [0.25, 0.3) is 0 Å². The van der Waals surface area contributed by atoms with E-state index in [1.54, 1.807) is 11.8 Å². The van der Waals surface area contributed by atoms with E-state index in [0.29, 0.717) is 11.2 Å². The summed E-state index contributed by atoms with van der Waals surface area (Å²) in [5, 5.41) is 7.70. The molecule has 2 rings (SSSR count). The molecule has 1 aromatic rings. The van der Waals surface area contributed by atoms with Gasteiger partial charge in [0.25, 0.3) is 0 Å². The van der Waals surface area contributed by atoms with Crippen molar-refractivity contribution in [2.24, 2.45) is 5.10 Å². The van der Waals surface area contributed by atoms with Crippen LogP contribution in [0.2, 0.25) is 0 Å². The third kappa shape index (κ3) is 2.52. The SMILES string of the molecule is CCc1c(C)nc(N)nc1N1N=C1SC(C)C. The minimum Gasteiger partial charge on any atom is -0.368 e. The topological polar surface area (TPSA) is 67.2 Å². The van der Waals surface area contributed by atoms with E-state index in [0.717, 1.165) is 28.7 Å². The van der Waals surface area contributed by atoms with Crippen LogP contribution in [0.15, 0.2) is 5.10 Å². The first-order valence-electron chi connectivity index (χ1n) is 5.71. The minimum atomic E-state index is 0.311. The van der Waals surface area contributed by atoms with E-state index in [-0.39, 0.29) is 0 Å². The molecule has 0 aromatic carbocycles. The Morgan fingerprint density at radius 1 is 1.35 bits per heavy atom. The van der Waals surface area contributed by atoms with Crippen LogP contribution in [0, 0.1) is 6.92 Å². The van der Waals surface area contributed by atoms with Gasteiger partial charge < -0.3 is 5.73 Å². The number of thioether (sulfide) groups is 1. The van der Waals surface area contributed by atoms with Crippen LogP contribution in [0.5, 0.6) is 0 Å². The fourth-order valence-electron chi connectivity index (χ4n) is 1.68. The Morgan fingerprint density at radius 3 is 2.65 bits per heavy atom. The molecule has 6 heteroatoms. The van der Waals surface area contributed by atoms with Gasteiger partial charge >= 0.3 is 0 Å². The van der Waals surface area contributed by atoms with Crippen molar-refractivity contribution in [1.29, 1.82) is 0 Å². The van der Waals surface area contributed by atoms with Gasteiger partial charge in [-0.3, -0.25) is 0 Å². The Kier molecular flexibility index (Phi) is 3.24. The lowest BCUT2D eigenvalue weighted by Gasteiger charge is -2.10. The van der Waals surface area contributed by atoms with Gasteiger partial charge in [-0.25, -0.2) is 4.98 Å². The van der Waals surface area contributed by atoms with E-state index in [4.69, 9.17) is 5.73 Å². The molecule has 0 spiro atoms. The largest absolute Gasteiger partial charge is 0.368 e. The van der Waals surface area contributed by atoms with E-state index >= 15 is 0 Å². The molecule has 0 saturated heterocycles. The number of aromatic nitrogens is 2. The third-order valence-corrected chi connectivity index (χ3v) is 3.37. The normalized spacial score (nSPS) is 14.2. The van der Waals surface area contributed by atoms with Gasteiger partial charge in [-0.05, 0) is 13.3 Å². The Labute approximate surface area is 106 Å². The van der Waals surface area contributed by atoms with Crippen molar-refractivity contribution in [2.45, 2.75) is 39.4 Å². The molecule has 1 aromatic heterocycles. The molecule has 0 atom stereocenters. The molecule has 0 amide bonds. The van der Waals surface area contributed by atoms with Crippen LogP contribution in [0.1, 0.15) is 32.0 Å². The summed E-state index contributed by atoms with van der Waals surface area (Å²) in [6, 6.07) is 0. The van der Waals surface area contributed by atoms with Crippen LogP contribution in [-0.2, 0) is 6.42 Å². The third-order valence-electron chi connectivity index (χ3n) is 2.43. The summed E-state index contributed by atoms with van der Waals surface area (Å²) in [5.41, 5.74) is 7.74. The molecule has 0 bridgehead atoms. The average molecular weight is 251 g/mol. The van der Waals surface area contributed by atoms with Gasteiger partial charge in [0, 0.05) is 16.5 Å². The zero-order valence-electron chi connectivity index (χ0n) is 10.6. The molecular weight excluding hydrogens is 234 g/mol. The Morgan fingerprint density at radius 2 is 2.06 bits per heavy atom. The maximum absolute atomic E-state index is 5.69. The maximum atomic E-state index is 5.69. The molecule has 0 radical (unpaired) electrons. The predicted molar refractivity (Wildman–Crippen MR) is 73.2 cm³/mol. The number of hydrogen-bond donors (Lipinski definition) is 1. The van der Waals surface area contributed by atoms with Crippen LogP contribution in [0.4, 0.5) is 11.8 Å². The lowest BCUT2D eigenvalue weighted by Crippen LogP contribution is -2.11. The Hall–Kier alpha value is -1.30. The highest BCUT2D eigenvalue weighted by molar-refractivity contribution is 8.15. The molecule has 0 aliphatic carbocycles. The highest BCUT2D eigenvalue weighted by Gasteiger charge is 2.31. The second-order valence-electron chi connectivity index (χ2n) is 4.18. The number of aryl methyl sites for hydroxylation is 1. The number of hydrazone groups is 1. The molecule has 1 aliphatic rings. The molecule has 2 heterocycles. The summed E-state index contributed by atoms with van der Waals surface area (Å²) in [5.74, 6) is 1.14. The minimum absolute atomic E-state index is 0.311. The van der Waals surface area contributed by atoms with Gasteiger partial charge in [0.1, 0.15) is 0 Å². The van der Waals surface area contributed by atoms with Gasteiger partial charge in [-0.15, -0.1) is 5.10 Å². The summed E-state index contributed by atoms with van der Waals surface area (Å²) in [4.78, 5) is 8.47. The zero-order chi connectivity index (χ0) is 12.6. The number of nitrogens with two attached hydrogens (primary N) is 1. The lowest BCUT2D eigenvalue weighted by molar-refractivity contribution is 0.990. The molecular formula is C11H17N5S. The number of rotatable bonds is 3. The first kappa shape index (κ1) is 12.2. The average Bonchev–Trinajstić information content (AvgIpc) is 2.94. The summed E-state index contributed by atoms with van der Waals surface area (Å²) < 4.78 is 0. The Bertz CT molecular complexity index is 469. The lowest BCUT2D eigenvalue weighted by atomic mass is 10.2. The number of anilines is 2. The van der Waals surface area contributed by atoms with Crippen molar-refractivity contribution in [3.8, 4) is 0 Å². The van der Waals surface area contributed by atoms with Gasteiger partial charge in [0.15, 0.2) is 5.82 Å². The van der Waals surface area contributed by atoms with E-state index in [2.05, 4.69) is 35.8 Å². The highest BCUT2D eigenvalue weighted by Crippen LogP contribution is 2.33. The highest BCUT2D eigenvalue weighted by atomic mass is 32.2. The monoisotopic (exact) mass is 251 g/mol. The second kappa shape index (κ2) is 4.52. The van der Waals surface area contributed by atoms with Crippen molar-refractivity contribution in [1.82, 2.24) is 9.97 Å². The summed E-state index contributed by atoms with van der Waals surface area (Å²) in [6.45, 7) is 8.33. The number of nitrogen functional groups attached to an aromatic ring is 1. The molecule has 92 valence electrons. The van der Waals surface area contributed by atoms with Crippen molar-refractivity contribution in [3.63, 3.8) is 0 Å². The van der Waals surface area contributed by atoms with E-state index in [1.807, 2.05) is 11.9 Å². The van der Waals surface area contributed by atoms with Crippen molar-refractivity contribution in [2.75, 3.05) is 10.7 Å². The van der Waals surface area contributed by atoms with Gasteiger partial charge in [-0.1, -0.05) is 32.5 Å². The van der Waals surface area contributed by atoms with Crippen LogP contribution >= 0.6 is 11.8 Å². The van der Waals surface area contributed by atoms with Crippen LogP contribution in [0.3, 0.4) is 0 Å². The first-order valence-corrected chi connectivity index (χ1v) is 6.59. The smallest absolute Gasteiger partial charge is 0.222 e. The van der Waals surface area contributed by atoms with E-state index < -0.39 is 0 Å². The molecule has 0 saturated carbocycles. The maximum Gasteiger partial charge on any atom is 0.222 e. The quantitative estimate of drug-likeness (QED) is 0.891. The van der Waals surface area contributed by atoms with Crippen molar-refractivity contribution in [3.05, 3.63) is 11.3 Å². The van der Waals surface area contributed by atoms with E-state index in [9.17, 15) is 0 Å². The molecule has 17 heavy (non-hydrogen) atoms. The molecule has 5 nitrogen and oxygen atoms in total. The molecule has 2 N–H and O–H groups in total. The fourth-order valence-corrected chi connectivity index (χ4v) is 2.41. The predicted octanol–water partition coefficient (Wildman–Crippen LogP) is 2.16. The summed E-state index contributed by atoms with van der Waals surface area (Å²) in [7, 11) is 0. The molecule has 0 fully saturated rings. The van der Waals surface area contributed by atoms with E-state index in [1.165, 1.54) is 0 Å². The number of amidine groups is 1. The summed E-state index contributed by atoms with van der Waals surface area (Å²) >= 11 is 1.73. The molecule has 1 aliphatic heterocycles. The summed E-state index contributed by atoms with van der Waals surface area (Å²) in [6.07, 6.45) is 0.882. The standard InChI is InChI=1S/C11H17N5S/c1-5-8-7(4)13-10(12)14-9(8)16-11(15-16)17-6(2)3/h6H,5H2,1-4H3,(H2,12,13,14). The van der Waals surface area contributed by atoms with Gasteiger partial charge in [0.2, 0.25) is 11.1 Å². The number of hydrogen-bond acceptors (Lipinski definition) is 6. The van der Waals surface area contributed by atoms with Gasteiger partial charge in [-0.2, -0.15) is 9.99 Å². The first-order chi connectivity index (χ1) is 8.02. The molecule has 0 unspecified atom stereocenters. The Balaban J connectivity index is 2.23. The van der Waals surface area contributed by atoms with Crippen molar-refractivity contribution >= 4 is 28.7 Å². The van der Waals surface area contributed by atoms with Crippen molar-refractivity contribution < 1.29 is 0 Å². The van der Waals surface area contributed by atoms with Gasteiger partial charge in [0.05, 0.1) is 0 Å². The van der Waals surface area contributed by atoms with Crippen LogP contribution < -0.4 is 10.7 Å².